The number of anilines is 1. The van der Waals surface area contributed by atoms with E-state index in [9.17, 15) is 0 Å². The molecule has 0 unspecified atom stereocenters. The summed E-state index contributed by atoms with van der Waals surface area (Å²) in [6, 6.07) is 21.3. The van der Waals surface area contributed by atoms with Crippen molar-refractivity contribution in [2.75, 3.05) is 5.73 Å². The molecule has 3 aromatic carbocycles. The van der Waals surface area contributed by atoms with E-state index in [0.29, 0.717) is 0 Å². The van der Waals surface area contributed by atoms with E-state index in [4.69, 9.17) is 5.73 Å². The Balaban J connectivity index is 2.15. The number of benzene rings is 3. The fourth-order valence-electron chi connectivity index (χ4n) is 2.72. The van der Waals surface area contributed by atoms with E-state index < -0.39 is 0 Å². The van der Waals surface area contributed by atoms with Gasteiger partial charge in [-0.25, -0.2) is 0 Å². The van der Waals surface area contributed by atoms with Crippen LogP contribution in [0.4, 0.5) is 5.69 Å². The van der Waals surface area contributed by atoms with Gasteiger partial charge < -0.3 is 5.73 Å². The van der Waals surface area contributed by atoms with Gasteiger partial charge in [0.15, 0.2) is 0 Å². The second-order valence-electron chi connectivity index (χ2n) is 6.58. The molecule has 0 bridgehead atoms. The molecule has 0 spiro atoms. The van der Waals surface area contributed by atoms with Gasteiger partial charge in [-0.2, -0.15) is 0 Å². The van der Waals surface area contributed by atoms with Crippen molar-refractivity contribution in [1.29, 1.82) is 0 Å². The van der Waals surface area contributed by atoms with Crippen molar-refractivity contribution in [3.8, 4) is 11.1 Å². The molecule has 0 atom stereocenters. The molecular formula is C20H21N. The maximum Gasteiger partial charge on any atom is 0.0394 e. The molecular weight excluding hydrogens is 254 g/mol. The molecule has 0 fully saturated rings. The summed E-state index contributed by atoms with van der Waals surface area (Å²) in [5, 5.41) is 2.33. The average Bonchev–Trinajstić information content (AvgIpc) is 2.47. The first kappa shape index (κ1) is 13.7. The van der Waals surface area contributed by atoms with Crippen LogP contribution in [0.3, 0.4) is 0 Å². The van der Waals surface area contributed by atoms with E-state index in [0.717, 1.165) is 11.1 Å². The summed E-state index contributed by atoms with van der Waals surface area (Å²) in [5.74, 6) is 0. The zero-order valence-corrected chi connectivity index (χ0v) is 12.9. The predicted octanol–water partition coefficient (Wildman–Crippen LogP) is 5.39. The first-order valence-electron chi connectivity index (χ1n) is 7.35. The maximum atomic E-state index is 6.08. The highest BCUT2D eigenvalue weighted by atomic mass is 14.5. The number of hydrogen-bond donors (Lipinski definition) is 1. The second-order valence-corrected chi connectivity index (χ2v) is 6.58. The van der Waals surface area contributed by atoms with Crippen LogP contribution in [0.2, 0.25) is 0 Å². The van der Waals surface area contributed by atoms with Gasteiger partial charge in [0.25, 0.3) is 0 Å². The summed E-state index contributed by atoms with van der Waals surface area (Å²) >= 11 is 0. The molecule has 0 aliphatic carbocycles. The highest BCUT2D eigenvalue weighted by molar-refractivity contribution is 6.02. The standard InChI is InChI=1S/C20H21N/c1-20(2,3)15-10-8-14(9-11-15)16-12-13-19(21)18-7-5-4-6-17(16)18/h4-13H,21H2,1-3H3. The number of fused-ring (bicyclic) bond motifs is 1. The smallest absolute Gasteiger partial charge is 0.0394 e. The van der Waals surface area contributed by atoms with Crippen LogP contribution >= 0.6 is 0 Å². The molecule has 0 aromatic heterocycles. The van der Waals surface area contributed by atoms with Gasteiger partial charge in [0.1, 0.15) is 0 Å². The average molecular weight is 275 g/mol. The lowest BCUT2D eigenvalue weighted by atomic mass is 9.86. The Bertz CT molecular complexity index is 777. The largest absolute Gasteiger partial charge is 0.398 e. The molecule has 106 valence electrons. The maximum absolute atomic E-state index is 6.08. The van der Waals surface area contributed by atoms with Crippen molar-refractivity contribution in [2.45, 2.75) is 26.2 Å². The Hall–Kier alpha value is -2.28. The summed E-state index contributed by atoms with van der Waals surface area (Å²) < 4.78 is 0. The Morgan fingerprint density at radius 2 is 1.33 bits per heavy atom. The Morgan fingerprint density at radius 3 is 1.95 bits per heavy atom. The molecule has 21 heavy (non-hydrogen) atoms. The lowest BCUT2D eigenvalue weighted by Crippen LogP contribution is -2.10. The third-order valence-electron chi connectivity index (χ3n) is 4.02. The topological polar surface area (TPSA) is 26.0 Å². The normalized spacial score (nSPS) is 11.8. The van der Waals surface area contributed by atoms with Crippen molar-refractivity contribution in [1.82, 2.24) is 0 Å². The van der Waals surface area contributed by atoms with Crippen LogP contribution in [0.1, 0.15) is 26.3 Å². The summed E-state index contributed by atoms with van der Waals surface area (Å²) in [5.41, 5.74) is 10.9. The van der Waals surface area contributed by atoms with Crippen LogP contribution < -0.4 is 5.73 Å². The van der Waals surface area contributed by atoms with Crippen molar-refractivity contribution in [2.24, 2.45) is 0 Å². The monoisotopic (exact) mass is 275 g/mol. The van der Waals surface area contributed by atoms with Crippen molar-refractivity contribution in [3.05, 3.63) is 66.2 Å². The van der Waals surface area contributed by atoms with E-state index in [1.165, 1.54) is 22.1 Å². The lowest BCUT2D eigenvalue weighted by Gasteiger charge is -2.19. The summed E-state index contributed by atoms with van der Waals surface area (Å²) in [4.78, 5) is 0. The number of nitrogen functional groups attached to an aromatic ring is 1. The zero-order valence-electron chi connectivity index (χ0n) is 12.9. The molecule has 2 N–H and O–H groups in total. The van der Waals surface area contributed by atoms with Gasteiger partial charge in [-0.1, -0.05) is 75.4 Å². The molecule has 0 saturated heterocycles. The third kappa shape index (κ3) is 2.52. The predicted molar refractivity (Wildman–Crippen MR) is 92.5 cm³/mol. The molecule has 0 aliphatic rings. The second kappa shape index (κ2) is 4.92. The SMILES string of the molecule is CC(C)(C)c1ccc(-c2ccc(N)c3ccccc23)cc1. The van der Waals surface area contributed by atoms with E-state index in [-0.39, 0.29) is 5.41 Å². The summed E-state index contributed by atoms with van der Waals surface area (Å²) in [6.07, 6.45) is 0. The Morgan fingerprint density at radius 1 is 0.714 bits per heavy atom. The van der Waals surface area contributed by atoms with Gasteiger partial charge in [0.2, 0.25) is 0 Å². The van der Waals surface area contributed by atoms with E-state index in [1.807, 2.05) is 12.1 Å². The van der Waals surface area contributed by atoms with Gasteiger partial charge in [-0.3, -0.25) is 0 Å². The number of nitrogens with two attached hydrogens (primary N) is 1. The van der Waals surface area contributed by atoms with Crippen LogP contribution in [0, 0.1) is 0 Å². The van der Waals surface area contributed by atoms with Crippen LogP contribution in [0.15, 0.2) is 60.7 Å². The summed E-state index contributed by atoms with van der Waals surface area (Å²) in [7, 11) is 0. The summed E-state index contributed by atoms with van der Waals surface area (Å²) in [6.45, 7) is 6.71. The minimum absolute atomic E-state index is 0.182. The molecule has 3 aromatic rings. The highest BCUT2D eigenvalue weighted by Gasteiger charge is 2.13. The Kier molecular flexibility index (Phi) is 3.21. The highest BCUT2D eigenvalue weighted by Crippen LogP contribution is 2.33. The molecule has 0 heterocycles. The Labute approximate surface area is 126 Å². The van der Waals surface area contributed by atoms with Crippen molar-refractivity contribution < 1.29 is 0 Å². The third-order valence-corrected chi connectivity index (χ3v) is 4.02. The molecule has 1 heteroatoms. The van der Waals surface area contributed by atoms with Gasteiger partial charge in [-0.05, 0) is 33.6 Å². The van der Waals surface area contributed by atoms with Gasteiger partial charge in [-0.15, -0.1) is 0 Å². The first-order chi connectivity index (χ1) is 9.97. The minimum atomic E-state index is 0.182. The van der Waals surface area contributed by atoms with Crippen LogP contribution in [0.5, 0.6) is 0 Å². The van der Waals surface area contributed by atoms with Gasteiger partial charge in [0, 0.05) is 11.1 Å². The first-order valence-corrected chi connectivity index (χ1v) is 7.35. The van der Waals surface area contributed by atoms with Crippen LogP contribution in [-0.4, -0.2) is 0 Å². The lowest BCUT2D eigenvalue weighted by molar-refractivity contribution is 0.590. The van der Waals surface area contributed by atoms with E-state index in [2.05, 4.69) is 69.3 Å². The number of rotatable bonds is 1. The van der Waals surface area contributed by atoms with Crippen molar-refractivity contribution >= 4 is 16.5 Å². The minimum Gasteiger partial charge on any atom is -0.398 e. The van der Waals surface area contributed by atoms with E-state index >= 15 is 0 Å². The van der Waals surface area contributed by atoms with E-state index in [1.54, 1.807) is 0 Å². The number of hydrogen-bond acceptors (Lipinski definition) is 1. The fraction of sp³-hybridized carbons (Fsp3) is 0.200. The quantitative estimate of drug-likeness (QED) is 0.592. The van der Waals surface area contributed by atoms with Crippen molar-refractivity contribution in [3.63, 3.8) is 0 Å². The molecule has 1 nitrogen and oxygen atoms in total. The van der Waals surface area contributed by atoms with Crippen LogP contribution in [0.25, 0.3) is 21.9 Å². The molecule has 0 saturated carbocycles. The van der Waals surface area contributed by atoms with Gasteiger partial charge in [0.05, 0.1) is 0 Å². The molecule has 0 aliphatic heterocycles. The molecule has 0 radical (unpaired) electrons. The van der Waals surface area contributed by atoms with Crippen LogP contribution in [-0.2, 0) is 5.41 Å². The fourth-order valence-corrected chi connectivity index (χ4v) is 2.72. The zero-order chi connectivity index (χ0) is 15.0. The molecule has 3 rings (SSSR count). The van der Waals surface area contributed by atoms with Gasteiger partial charge >= 0.3 is 0 Å². The molecule has 0 amide bonds.